The highest BCUT2D eigenvalue weighted by Gasteiger charge is 2.27. The number of benzene rings is 1. The fraction of sp³-hybridized carbons (Fsp3) is 0.462. The third-order valence-electron chi connectivity index (χ3n) is 6.60. The van der Waals surface area contributed by atoms with E-state index in [0.29, 0.717) is 11.8 Å². The maximum atomic E-state index is 12.7. The van der Waals surface area contributed by atoms with Gasteiger partial charge in [-0.05, 0) is 64.9 Å². The number of hydrogen-bond donors (Lipinski definition) is 1. The maximum Gasteiger partial charge on any atom is 0.227 e. The van der Waals surface area contributed by atoms with Crippen molar-refractivity contribution in [2.45, 2.75) is 65.2 Å². The lowest BCUT2D eigenvalue weighted by molar-refractivity contribution is -0.122. The summed E-state index contributed by atoms with van der Waals surface area (Å²) in [6.45, 7) is 8.61. The number of carbonyl (C=O) groups is 1. The van der Waals surface area contributed by atoms with E-state index >= 15 is 0 Å². The molecule has 1 aliphatic carbocycles. The number of nitrogens with zero attached hydrogens (tertiary/aromatic N) is 3. The van der Waals surface area contributed by atoms with Crippen LogP contribution >= 0.6 is 0 Å². The van der Waals surface area contributed by atoms with Gasteiger partial charge in [-0.25, -0.2) is 9.97 Å². The first-order valence-electron chi connectivity index (χ1n) is 11.5. The van der Waals surface area contributed by atoms with E-state index in [1.54, 1.807) is 0 Å². The fourth-order valence-electron chi connectivity index (χ4n) is 4.52. The summed E-state index contributed by atoms with van der Waals surface area (Å²) in [5.74, 6) is 2.35. The number of rotatable bonds is 6. The van der Waals surface area contributed by atoms with E-state index in [1.165, 1.54) is 5.56 Å². The molecule has 0 bridgehead atoms. The second-order valence-corrected chi connectivity index (χ2v) is 9.14. The molecule has 6 heteroatoms. The molecule has 0 aliphatic heterocycles. The molecule has 1 aliphatic rings. The number of carbonyl (C=O) groups excluding carboxylic acids is 1. The molecule has 0 radical (unpaired) electrons. The Labute approximate surface area is 189 Å². The Morgan fingerprint density at radius 3 is 2.50 bits per heavy atom. The first-order chi connectivity index (χ1) is 15.4. The van der Waals surface area contributed by atoms with Gasteiger partial charge in [-0.15, -0.1) is 0 Å². The molecule has 1 saturated carbocycles. The summed E-state index contributed by atoms with van der Waals surface area (Å²) in [6.07, 6.45) is 6.09. The molecule has 1 aromatic carbocycles. The van der Waals surface area contributed by atoms with Crippen LogP contribution in [0.4, 0.5) is 0 Å². The summed E-state index contributed by atoms with van der Waals surface area (Å²) in [7, 11) is 0. The molecule has 1 N–H and O–H groups in total. The Kier molecular flexibility index (Phi) is 6.68. The number of hydrogen-bond acceptors (Lipinski definition) is 5. The highest BCUT2D eigenvalue weighted by molar-refractivity contribution is 5.83. The van der Waals surface area contributed by atoms with Crippen LogP contribution in [0.25, 0.3) is 11.3 Å². The quantitative estimate of drug-likeness (QED) is 0.575. The minimum Gasteiger partial charge on any atom is -0.356 e. The van der Waals surface area contributed by atoms with Gasteiger partial charge in [0.25, 0.3) is 0 Å². The van der Waals surface area contributed by atoms with Crippen molar-refractivity contribution in [1.29, 1.82) is 0 Å². The number of aryl methyl sites for hydroxylation is 3. The van der Waals surface area contributed by atoms with E-state index in [-0.39, 0.29) is 11.8 Å². The normalized spacial score (nSPS) is 19.5. The van der Waals surface area contributed by atoms with Gasteiger partial charge in [0, 0.05) is 24.7 Å². The van der Waals surface area contributed by atoms with Gasteiger partial charge >= 0.3 is 0 Å². The van der Waals surface area contributed by atoms with Crippen molar-refractivity contribution in [3.05, 3.63) is 64.9 Å². The second-order valence-electron chi connectivity index (χ2n) is 9.14. The summed E-state index contributed by atoms with van der Waals surface area (Å²) < 4.78 is 5.50. The second kappa shape index (κ2) is 9.63. The third kappa shape index (κ3) is 5.06. The van der Waals surface area contributed by atoms with E-state index in [4.69, 9.17) is 9.51 Å². The van der Waals surface area contributed by atoms with E-state index in [0.717, 1.165) is 66.3 Å². The lowest BCUT2D eigenvalue weighted by atomic mass is 9.79. The van der Waals surface area contributed by atoms with Gasteiger partial charge in [0.05, 0.1) is 22.9 Å². The van der Waals surface area contributed by atoms with Crippen molar-refractivity contribution in [3.63, 3.8) is 0 Å². The van der Waals surface area contributed by atoms with Crippen LogP contribution in [0.15, 0.2) is 41.1 Å². The minimum atomic E-state index is -0.135. The molecule has 0 spiro atoms. The summed E-state index contributed by atoms with van der Waals surface area (Å²) in [5, 5.41) is 7.21. The number of aromatic nitrogens is 3. The summed E-state index contributed by atoms with van der Waals surface area (Å²) in [5.41, 5.74) is 5.12. The predicted octanol–water partition coefficient (Wildman–Crippen LogP) is 5.25. The van der Waals surface area contributed by atoms with E-state index in [9.17, 15) is 4.79 Å². The average Bonchev–Trinajstić information content (AvgIpc) is 3.24. The maximum absolute atomic E-state index is 12.7. The highest BCUT2D eigenvalue weighted by Crippen LogP contribution is 2.39. The largest absolute Gasteiger partial charge is 0.356 e. The van der Waals surface area contributed by atoms with Crippen molar-refractivity contribution in [2.24, 2.45) is 5.92 Å². The smallest absolute Gasteiger partial charge is 0.227 e. The number of nitrogens with one attached hydrogen (secondary N) is 1. The monoisotopic (exact) mass is 432 g/mol. The Morgan fingerprint density at radius 2 is 1.84 bits per heavy atom. The molecule has 6 nitrogen and oxygen atoms in total. The Balaban J connectivity index is 1.34. The van der Waals surface area contributed by atoms with Gasteiger partial charge in [0.1, 0.15) is 5.82 Å². The molecule has 1 fully saturated rings. The fourth-order valence-corrected chi connectivity index (χ4v) is 4.52. The van der Waals surface area contributed by atoms with Crippen LogP contribution in [0.5, 0.6) is 0 Å². The Hall–Kier alpha value is -3.02. The molecule has 32 heavy (non-hydrogen) atoms. The molecule has 3 aromatic rings. The molecular formula is C26H32N4O2. The molecular weight excluding hydrogens is 400 g/mol. The Bertz CT molecular complexity index is 1070. The first-order valence-corrected chi connectivity index (χ1v) is 11.5. The van der Waals surface area contributed by atoms with Crippen molar-refractivity contribution in [3.8, 4) is 11.3 Å². The van der Waals surface area contributed by atoms with Crippen molar-refractivity contribution in [1.82, 2.24) is 20.4 Å². The van der Waals surface area contributed by atoms with Gasteiger partial charge in [0.2, 0.25) is 5.91 Å². The van der Waals surface area contributed by atoms with E-state index in [2.05, 4.69) is 34.5 Å². The van der Waals surface area contributed by atoms with Crippen LogP contribution in [-0.2, 0) is 4.79 Å². The molecule has 1 unspecified atom stereocenters. The van der Waals surface area contributed by atoms with Crippen molar-refractivity contribution >= 4 is 5.91 Å². The zero-order valence-electron chi connectivity index (χ0n) is 19.4. The SMILES string of the molecule is Cc1ccc(C(C)C(=O)NCC2CCC(c3nc(C)ncc3-c3cc(C)no3)CC2)cc1. The van der Waals surface area contributed by atoms with E-state index in [1.807, 2.05) is 45.2 Å². The van der Waals surface area contributed by atoms with Crippen molar-refractivity contribution < 1.29 is 9.32 Å². The molecule has 1 atom stereocenters. The summed E-state index contributed by atoms with van der Waals surface area (Å²) in [6, 6.07) is 10.1. The van der Waals surface area contributed by atoms with Crippen LogP contribution < -0.4 is 5.32 Å². The van der Waals surface area contributed by atoms with Crippen molar-refractivity contribution in [2.75, 3.05) is 6.54 Å². The van der Waals surface area contributed by atoms with Gasteiger partial charge < -0.3 is 9.84 Å². The molecule has 0 saturated heterocycles. The Morgan fingerprint density at radius 1 is 1.12 bits per heavy atom. The topological polar surface area (TPSA) is 80.9 Å². The van der Waals surface area contributed by atoms with Crippen LogP contribution in [0.2, 0.25) is 0 Å². The predicted molar refractivity (Wildman–Crippen MR) is 124 cm³/mol. The van der Waals surface area contributed by atoms with Crippen LogP contribution in [-0.4, -0.2) is 27.6 Å². The summed E-state index contributed by atoms with van der Waals surface area (Å²) >= 11 is 0. The van der Waals surface area contributed by atoms with Gasteiger partial charge in [-0.3, -0.25) is 4.79 Å². The zero-order chi connectivity index (χ0) is 22.7. The van der Waals surface area contributed by atoms with Crippen LogP contribution in [0.3, 0.4) is 0 Å². The third-order valence-corrected chi connectivity index (χ3v) is 6.60. The average molecular weight is 433 g/mol. The zero-order valence-corrected chi connectivity index (χ0v) is 19.4. The number of amides is 1. The lowest BCUT2D eigenvalue weighted by Crippen LogP contribution is -2.33. The van der Waals surface area contributed by atoms with Gasteiger partial charge in [-0.1, -0.05) is 35.0 Å². The van der Waals surface area contributed by atoms with E-state index < -0.39 is 0 Å². The lowest BCUT2D eigenvalue weighted by Gasteiger charge is -2.29. The first kappa shape index (κ1) is 22.2. The van der Waals surface area contributed by atoms with Crippen LogP contribution in [0.1, 0.15) is 72.8 Å². The highest BCUT2D eigenvalue weighted by atomic mass is 16.5. The van der Waals surface area contributed by atoms with Gasteiger partial charge in [0.15, 0.2) is 5.76 Å². The van der Waals surface area contributed by atoms with Crippen LogP contribution in [0, 0.1) is 26.7 Å². The molecule has 1 amide bonds. The molecule has 168 valence electrons. The van der Waals surface area contributed by atoms with Gasteiger partial charge in [-0.2, -0.15) is 0 Å². The molecule has 2 aromatic heterocycles. The molecule has 4 rings (SSSR count). The molecule has 2 heterocycles. The standard InChI is InChI=1S/C26H32N4O2/c1-16-5-9-21(10-6-16)18(3)26(31)28-14-20-7-11-22(12-8-20)25-23(15-27-19(4)29-25)24-13-17(2)30-32-24/h5-6,9-10,13,15,18,20,22H,7-8,11-12,14H2,1-4H3,(H,28,31). The summed E-state index contributed by atoms with van der Waals surface area (Å²) in [4.78, 5) is 21.8. The minimum absolute atomic E-state index is 0.102.